The van der Waals surface area contributed by atoms with Crippen molar-refractivity contribution in [1.29, 1.82) is 0 Å². The van der Waals surface area contributed by atoms with E-state index in [-0.39, 0.29) is 30.3 Å². The van der Waals surface area contributed by atoms with Crippen molar-refractivity contribution in [2.45, 2.75) is 0 Å². The van der Waals surface area contributed by atoms with Crippen LogP contribution in [-0.4, -0.2) is 12.5 Å². The molecule has 2 nitrogen and oxygen atoms in total. The maximum atomic E-state index is 4.50. The molecule has 0 fully saturated rings. The molecule has 0 aromatic carbocycles. The Kier molecular flexibility index (Phi) is 2180. The third kappa shape index (κ3) is 113. The Labute approximate surface area is 43.9 Å². The second-order valence-electron chi connectivity index (χ2n) is 0. The molecule has 0 aliphatic heterocycles. The summed E-state index contributed by atoms with van der Waals surface area (Å²) >= 11 is 0. The minimum atomic E-state index is 0. The van der Waals surface area contributed by atoms with E-state index in [0.717, 1.165) is 0 Å². The fourth-order valence-corrected chi connectivity index (χ4v) is 0. The van der Waals surface area contributed by atoms with Crippen molar-refractivity contribution in [2.75, 3.05) is 7.05 Å². The van der Waals surface area contributed by atoms with E-state index in [1.54, 1.807) is 0 Å². The van der Waals surface area contributed by atoms with Crippen LogP contribution in [0.5, 0.6) is 0 Å². The number of hydrogen-bond donors (Lipinski definition) is 1. The smallest absolute Gasteiger partial charge is 0.0195 e. The number of nitrogens with two attached hydrogens (primary N) is 1. The van der Waals surface area contributed by atoms with Crippen molar-refractivity contribution in [3.05, 3.63) is 0 Å². The summed E-state index contributed by atoms with van der Waals surface area (Å²) in [6.45, 7) is 0. The van der Waals surface area contributed by atoms with E-state index < -0.39 is 0 Å². The standard InChI is InChI=1S/CH5N.2ClH.H2O/c1-2;;;/h2H2,1H3;2*1H;1H2. The predicted molar refractivity (Wildman–Crippen MR) is 28.2 cm³/mol. The second-order valence-corrected chi connectivity index (χ2v) is 0. The van der Waals surface area contributed by atoms with E-state index in [4.69, 9.17) is 0 Å². The zero-order chi connectivity index (χ0) is 2.00. The van der Waals surface area contributed by atoms with Crippen molar-refractivity contribution in [3.8, 4) is 0 Å². The summed E-state index contributed by atoms with van der Waals surface area (Å²) in [4.78, 5) is 0. The van der Waals surface area contributed by atoms with Gasteiger partial charge in [0.05, 0.1) is 0 Å². The van der Waals surface area contributed by atoms with Gasteiger partial charge in [-0.2, -0.15) is 0 Å². The minimum absolute atomic E-state index is 0. The fourth-order valence-electron chi connectivity index (χ4n) is 0. The van der Waals surface area contributed by atoms with Crippen LogP contribution in [0.2, 0.25) is 0 Å². The molecule has 4 heteroatoms. The Hall–Kier alpha value is 0.500. The van der Waals surface area contributed by atoms with Gasteiger partial charge in [0.1, 0.15) is 0 Å². The first-order valence-electron chi connectivity index (χ1n) is 0.577. The Morgan fingerprint density at radius 2 is 1.00 bits per heavy atom. The van der Waals surface area contributed by atoms with Crippen LogP contribution in [0.1, 0.15) is 0 Å². The van der Waals surface area contributed by atoms with Crippen LogP contribution >= 0.6 is 24.8 Å². The Morgan fingerprint density at radius 1 is 1.00 bits per heavy atom. The fraction of sp³-hybridized carbons (Fsp3) is 1.00. The topological polar surface area (TPSA) is 57.5 Å². The van der Waals surface area contributed by atoms with Gasteiger partial charge < -0.3 is 11.2 Å². The maximum Gasteiger partial charge on any atom is -0.0195 e. The van der Waals surface area contributed by atoms with Gasteiger partial charge in [-0.05, 0) is 7.05 Å². The van der Waals surface area contributed by atoms with E-state index in [0.29, 0.717) is 0 Å². The van der Waals surface area contributed by atoms with Crippen LogP contribution in [0.25, 0.3) is 0 Å². The van der Waals surface area contributed by atoms with Crippen LogP contribution in [0.3, 0.4) is 0 Å². The SMILES string of the molecule is CN.Cl.Cl.O. The lowest BCUT2D eigenvalue weighted by Crippen LogP contribution is -1.69. The lowest BCUT2D eigenvalue weighted by Gasteiger charge is -1.19. The van der Waals surface area contributed by atoms with Gasteiger partial charge in [-0.3, -0.25) is 0 Å². The van der Waals surface area contributed by atoms with Crippen molar-refractivity contribution < 1.29 is 5.48 Å². The first-order valence-corrected chi connectivity index (χ1v) is 0.577. The monoisotopic (exact) mass is 121 g/mol. The van der Waals surface area contributed by atoms with Crippen molar-refractivity contribution in [3.63, 3.8) is 0 Å². The van der Waals surface area contributed by atoms with E-state index in [2.05, 4.69) is 5.73 Å². The molecule has 5 heavy (non-hydrogen) atoms. The van der Waals surface area contributed by atoms with Gasteiger partial charge in [-0.1, -0.05) is 0 Å². The van der Waals surface area contributed by atoms with Gasteiger partial charge >= 0.3 is 0 Å². The molecular weight excluding hydrogens is 113 g/mol. The first-order chi connectivity index (χ1) is 1.00. The molecule has 38 valence electrons. The van der Waals surface area contributed by atoms with Crippen LogP contribution in [0, 0.1) is 0 Å². The van der Waals surface area contributed by atoms with Gasteiger partial charge in [0.25, 0.3) is 0 Å². The first kappa shape index (κ1) is 49.5. The molecule has 0 aromatic heterocycles. The van der Waals surface area contributed by atoms with Gasteiger partial charge in [-0.15, -0.1) is 24.8 Å². The van der Waals surface area contributed by atoms with Gasteiger partial charge in [0.2, 0.25) is 0 Å². The summed E-state index contributed by atoms with van der Waals surface area (Å²) < 4.78 is 0. The van der Waals surface area contributed by atoms with E-state index >= 15 is 0 Å². The molecule has 0 radical (unpaired) electrons. The molecule has 0 aliphatic carbocycles. The molecule has 0 bridgehead atoms. The molecule has 0 aromatic rings. The number of hydrogen-bond acceptors (Lipinski definition) is 1. The quantitative estimate of drug-likeness (QED) is 0.466. The molecular formula is CH9Cl2NO. The van der Waals surface area contributed by atoms with Gasteiger partial charge in [0, 0.05) is 0 Å². The predicted octanol–water partition coefficient (Wildman–Crippen LogP) is -0.406. The lowest BCUT2D eigenvalue weighted by atomic mass is 11.6. The van der Waals surface area contributed by atoms with Gasteiger partial charge in [-0.25, -0.2) is 0 Å². The third-order valence-corrected chi connectivity index (χ3v) is 0. The summed E-state index contributed by atoms with van der Waals surface area (Å²) in [5, 5.41) is 0. The summed E-state index contributed by atoms with van der Waals surface area (Å²) in [5.74, 6) is 0. The van der Waals surface area contributed by atoms with Crippen molar-refractivity contribution in [2.24, 2.45) is 5.73 Å². The molecule has 0 heterocycles. The zero-order valence-corrected chi connectivity index (χ0v) is 4.53. The van der Waals surface area contributed by atoms with E-state index in [1.807, 2.05) is 0 Å². The lowest BCUT2D eigenvalue weighted by molar-refractivity contribution is 0.824. The molecule has 0 spiro atoms. The molecule has 0 rings (SSSR count). The second kappa shape index (κ2) is 221. The maximum absolute atomic E-state index is 4.50. The van der Waals surface area contributed by atoms with Crippen LogP contribution in [0.4, 0.5) is 0 Å². The summed E-state index contributed by atoms with van der Waals surface area (Å²) in [6, 6.07) is 0. The third-order valence-electron chi connectivity index (χ3n) is 0. The average Bonchev–Trinajstić information content (AvgIpc) is 1.00. The molecule has 0 unspecified atom stereocenters. The van der Waals surface area contributed by atoms with E-state index in [1.165, 1.54) is 7.05 Å². The largest absolute Gasteiger partial charge is 0.412 e. The summed E-state index contributed by atoms with van der Waals surface area (Å²) in [6.07, 6.45) is 0. The Balaban J connectivity index is -0.00000000167. The van der Waals surface area contributed by atoms with Crippen LogP contribution < -0.4 is 5.73 Å². The van der Waals surface area contributed by atoms with E-state index in [9.17, 15) is 0 Å². The molecule has 0 saturated carbocycles. The Bertz CT molecular complexity index is 9.61. The molecule has 0 atom stereocenters. The Morgan fingerprint density at radius 3 is 1.00 bits per heavy atom. The number of halogens is 2. The van der Waals surface area contributed by atoms with Gasteiger partial charge in [0.15, 0.2) is 0 Å². The zero-order valence-electron chi connectivity index (χ0n) is 2.89. The molecule has 0 amide bonds. The highest BCUT2D eigenvalue weighted by molar-refractivity contribution is 5.85. The highest BCUT2D eigenvalue weighted by Crippen LogP contribution is 0.691. The molecule has 0 saturated heterocycles. The highest BCUT2D eigenvalue weighted by atomic mass is 35.5. The van der Waals surface area contributed by atoms with Crippen LogP contribution in [-0.2, 0) is 0 Å². The number of rotatable bonds is 0. The molecule has 4 N–H and O–H groups in total. The van der Waals surface area contributed by atoms with Crippen molar-refractivity contribution >= 4 is 24.8 Å². The highest BCUT2D eigenvalue weighted by Gasteiger charge is 0.836. The molecule has 0 aliphatic rings. The summed E-state index contributed by atoms with van der Waals surface area (Å²) in [7, 11) is 1.50. The summed E-state index contributed by atoms with van der Waals surface area (Å²) in [5.41, 5.74) is 4.50. The normalized spacial score (nSPS) is 1.20. The van der Waals surface area contributed by atoms with Crippen molar-refractivity contribution in [1.82, 2.24) is 0 Å². The average molecular weight is 122 g/mol. The minimum Gasteiger partial charge on any atom is -0.412 e. The van der Waals surface area contributed by atoms with Crippen LogP contribution in [0.15, 0.2) is 0 Å².